The van der Waals surface area contributed by atoms with Crippen LogP contribution in [0.4, 0.5) is 5.82 Å². The average molecular weight is 297 g/mol. The van der Waals surface area contributed by atoms with Gasteiger partial charge in [-0.3, -0.25) is 4.90 Å². The number of hydrogen-bond acceptors (Lipinski definition) is 5. The first-order valence-corrected chi connectivity index (χ1v) is 7.46. The molecule has 2 aliphatic heterocycles. The fraction of sp³-hybridized carbons (Fsp3) is 0.714. The Bertz CT molecular complexity index is 486. The number of halogens is 1. The Morgan fingerprint density at radius 2 is 2.10 bits per heavy atom. The largest absolute Gasteiger partial charge is 0.377 e. The number of aromatic nitrogens is 2. The van der Waals surface area contributed by atoms with Crippen LogP contribution in [0, 0.1) is 6.92 Å². The van der Waals surface area contributed by atoms with Crippen LogP contribution >= 0.6 is 11.6 Å². The maximum atomic E-state index is 6.03. The lowest BCUT2D eigenvalue weighted by atomic mass is 9.94. The molecule has 6 heteroatoms. The van der Waals surface area contributed by atoms with Gasteiger partial charge in [-0.05, 0) is 20.8 Å². The molecule has 110 valence electrons. The molecule has 1 aromatic heterocycles. The molecule has 0 N–H and O–H groups in total. The zero-order valence-electron chi connectivity index (χ0n) is 12.3. The molecule has 1 aromatic rings. The molecule has 20 heavy (non-hydrogen) atoms. The van der Waals surface area contributed by atoms with Crippen LogP contribution in [0.1, 0.15) is 19.7 Å². The molecule has 0 radical (unpaired) electrons. The van der Waals surface area contributed by atoms with Crippen LogP contribution < -0.4 is 4.90 Å². The second kappa shape index (κ2) is 5.13. The summed E-state index contributed by atoms with van der Waals surface area (Å²) >= 11 is 6.03. The molecule has 2 fully saturated rings. The van der Waals surface area contributed by atoms with Gasteiger partial charge in [-0.25, -0.2) is 9.97 Å². The molecule has 2 aliphatic rings. The van der Waals surface area contributed by atoms with Crippen molar-refractivity contribution in [3.8, 4) is 0 Å². The molecule has 0 saturated carbocycles. The third-order valence-corrected chi connectivity index (χ3v) is 4.46. The highest BCUT2D eigenvalue weighted by molar-refractivity contribution is 6.29. The molecule has 1 unspecified atom stereocenters. The fourth-order valence-corrected chi connectivity index (χ4v) is 3.43. The summed E-state index contributed by atoms with van der Waals surface area (Å²) in [5, 5.41) is 0.516. The summed E-state index contributed by atoms with van der Waals surface area (Å²) in [6, 6.07) is 2.33. The van der Waals surface area contributed by atoms with Gasteiger partial charge in [0.1, 0.15) is 16.8 Å². The Kier molecular flexibility index (Phi) is 3.60. The summed E-state index contributed by atoms with van der Waals surface area (Å²) in [6.07, 6.45) is 0. The van der Waals surface area contributed by atoms with Gasteiger partial charge < -0.3 is 9.64 Å². The quantitative estimate of drug-likeness (QED) is 0.778. The van der Waals surface area contributed by atoms with E-state index in [-0.39, 0.29) is 5.54 Å². The smallest absolute Gasteiger partial charge is 0.134 e. The zero-order chi connectivity index (χ0) is 14.3. The molecule has 0 aliphatic carbocycles. The molecule has 0 amide bonds. The van der Waals surface area contributed by atoms with Crippen LogP contribution in [-0.4, -0.2) is 59.3 Å². The van der Waals surface area contributed by atoms with Gasteiger partial charge in [0.2, 0.25) is 0 Å². The van der Waals surface area contributed by atoms with Crippen LogP contribution in [0.2, 0.25) is 5.15 Å². The van der Waals surface area contributed by atoms with E-state index >= 15 is 0 Å². The Hall–Kier alpha value is -0.910. The monoisotopic (exact) mass is 296 g/mol. The first kappa shape index (κ1) is 14.0. The highest BCUT2D eigenvalue weighted by atomic mass is 35.5. The third-order valence-electron chi connectivity index (χ3n) is 4.26. The van der Waals surface area contributed by atoms with Crippen LogP contribution in [0.3, 0.4) is 0 Å². The van der Waals surface area contributed by atoms with Crippen LogP contribution in [0.5, 0.6) is 0 Å². The van der Waals surface area contributed by atoms with Crippen molar-refractivity contribution in [2.24, 2.45) is 0 Å². The van der Waals surface area contributed by atoms with Crippen LogP contribution in [0.25, 0.3) is 0 Å². The van der Waals surface area contributed by atoms with E-state index in [0.29, 0.717) is 11.2 Å². The van der Waals surface area contributed by atoms with E-state index in [1.807, 2.05) is 13.0 Å². The normalized spacial score (nSPS) is 26.4. The number of hydrogen-bond donors (Lipinski definition) is 0. The van der Waals surface area contributed by atoms with Gasteiger partial charge in [-0.1, -0.05) is 11.6 Å². The Balaban J connectivity index is 1.73. The number of nitrogens with zero attached hydrogens (tertiary/aromatic N) is 4. The molecule has 3 heterocycles. The van der Waals surface area contributed by atoms with Crippen molar-refractivity contribution >= 4 is 17.4 Å². The van der Waals surface area contributed by atoms with Crippen molar-refractivity contribution in [3.63, 3.8) is 0 Å². The van der Waals surface area contributed by atoms with E-state index in [1.165, 1.54) is 0 Å². The Morgan fingerprint density at radius 1 is 1.35 bits per heavy atom. The highest BCUT2D eigenvalue weighted by Crippen LogP contribution is 2.30. The van der Waals surface area contributed by atoms with Gasteiger partial charge in [-0.15, -0.1) is 0 Å². The van der Waals surface area contributed by atoms with Crippen LogP contribution in [-0.2, 0) is 4.74 Å². The zero-order valence-corrected chi connectivity index (χ0v) is 13.0. The van der Waals surface area contributed by atoms with Crippen molar-refractivity contribution in [2.45, 2.75) is 32.4 Å². The summed E-state index contributed by atoms with van der Waals surface area (Å²) < 4.78 is 5.39. The number of ether oxygens (including phenoxy) is 1. The second-order valence-electron chi connectivity index (χ2n) is 6.07. The summed E-state index contributed by atoms with van der Waals surface area (Å²) in [5.41, 5.74) is 0.213. The van der Waals surface area contributed by atoms with Crippen molar-refractivity contribution in [1.82, 2.24) is 14.9 Å². The van der Waals surface area contributed by atoms with Crippen molar-refractivity contribution < 1.29 is 4.74 Å². The van der Waals surface area contributed by atoms with Crippen molar-refractivity contribution in [2.75, 3.05) is 37.7 Å². The molecule has 0 bridgehead atoms. The summed E-state index contributed by atoms with van der Waals surface area (Å²) in [7, 11) is 0. The van der Waals surface area contributed by atoms with Crippen molar-refractivity contribution in [3.05, 3.63) is 17.0 Å². The van der Waals surface area contributed by atoms with E-state index in [9.17, 15) is 0 Å². The highest BCUT2D eigenvalue weighted by Gasteiger charge is 2.43. The average Bonchev–Trinajstić information content (AvgIpc) is 2.34. The van der Waals surface area contributed by atoms with E-state index < -0.39 is 0 Å². The topological polar surface area (TPSA) is 41.5 Å². The minimum absolute atomic E-state index is 0.213. The SMILES string of the molecule is Cc1nc(Cl)cc(N2CCN(C3(C)COC3)C(C)C2)n1. The van der Waals surface area contributed by atoms with Crippen LogP contribution in [0.15, 0.2) is 6.07 Å². The van der Waals surface area contributed by atoms with Gasteiger partial charge in [-0.2, -0.15) is 0 Å². The molecule has 1 atom stereocenters. The summed E-state index contributed by atoms with van der Waals surface area (Å²) in [6.45, 7) is 11.1. The number of anilines is 1. The summed E-state index contributed by atoms with van der Waals surface area (Å²) in [4.78, 5) is 13.5. The lowest BCUT2D eigenvalue weighted by Crippen LogP contribution is -2.67. The molecular formula is C14H21ClN4O. The number of aryl methyl sites for hydroxylation is 1. The molecular weight excluding hydrogens is 276 g/mol. The van der Waals surface area contributed by atoms with Gasteiger partial charge in [0.15, 0.2) is 0 Å². The number of rotatable bonds is 2. The predicted octanol–water partition coefficient (Wildman–Crippen LogP) is 1.74. The standard InChI is InChI=1S/C14H21ClN4O/c1-10-7-18(13-6-12(15)16-11(2)17-13)4-5-19(10)14(3)8-20-9-14/h6,10H,4-5,7-9H2,1-3H3. The molecule has 5 nitrogen and oxygen atoms in total. The lowest BCUT2D eigenvalue weighted by molar-refractivity contribution is -0.143. The molecule has 2 saturated heterocycles. The van der Waals surface area contributed by atoms with E-state index in [0.717, 1.165) is 44.5 Å². The lowest BCUT2D eigenvalue weighted by Gasteiger charge is -2.53. The van der Waals surface area contributed by atoms with E-state index in [1.54, 1.807) is 0 Å². The first-order valence-electron chi connectivity index (χ1n) is 7.08. The fourth-order valence-electron chi connectivity index (χ4n) is 3.21. The Morgan fingerprint density at radius 3 is 2.65 bits per heavy atom. The minimum Gasteiger partial charge on any atom is -0.377 e. The third kappa shape index (κ3) is 2.50. The number of piperazine rings is 1. The van der Waals surface area contributed by atoms with E-state index in [4.69, 9.17) is 16.3 Å². The minimum atomic E-state index is 0.213. The second-order valence-corrected chi connectivity index (χ2v) is 6.46. The van der Waals surface area contributed by atoms with Gasteiger partial charge in [0.05, 0.1) is 18.8 Å². The maximum Gasteiger partial charge on any atom is 0.134 e. The Labute approximate surface area is 124 Å². The van der Waals surface area contributed by atoms with Crippen molar-refractivity contribution in [1.29, 1.82) is 0 Å². The first-order chi connectivity index (χ1) is 9.48. The predicted molar refractivity (Wildman–Crippen MR) is 79.4 cm³/mol. The van der Waals surface area contributed by atoms with E-state index in [2.05, 4.69) is 33.6 Å². The van der Waals surface area contributed by atoms with Gasteiger partial charge in [0, 0.05) is 31.7 Å². The van der Waals surface area contributed by atoms with Gasteiger partial charge >= 0.3 is 0 Å². The maximum absolute atomic E-state index is 6.03. The molecule has 0 spiro atoms. The molecule has 3 rings (SSSR count). The molecule has 0 aromatic carbocycles. The summed E-state index contributed by atoms with van der Waals surface area (Å²) in [5.74, 6) is 1.66. The van der Waals surface area contributed by atoms with Gasteiger partial charge in [0.25, 0.3) is 0 Å².